The molecule has 0 radical (unpaired) electrons. The van der Waals surface area contributed by atoms with E-state index in [-0.39, 0.29) is 6.54 Å². The van der Waals surface area contributed by atoms with E-state index in [1.807, 2.05) is 0 Å². The highest BCUT2D eigenvalue weighted by molar-refractivity contribution is 5.69. The van der Waals surface area contributed by atoms with Crippen LogP contribution in [-0.2, 0) is 11.3 Å². The summed E-state index contributed by atoms with van der Waals surface area (Å²) < 4.78 is 1.39. The number of hydrogen-bond donors (Lipinski definition) is 2. The van der Waals surface area contributed by atoms with Crippen LogP contribution in [0.4, 0.5) is 0 Å². The van der Waals surface area contributed by atoms with Gasteiger partial charge in [-0.05, 0) is 10.4 Å². The zero-order chi connectivity index (χ0) is 11.5. The van der Waals surface area contributed by atoms with Crippen LogP contribution in [0.15, 0.2) is 6.20 Å². The van der Waals surface area contributed by atoms with Crippen LogP contribution < -0.4 is 0 Å². The number of hydrogen-bond acceptors (Lipinski definition) is 6. The van der Waals surface area contributed by atoms with Crippen LogP contribution in [0.25, 0.3) is 11.5 Å². The Hall–Kier alpha value is -2.32. The Morgan fingerprint density at radius 3 is 3.12 bits per heavy atom. The molecule has 0 aromatic carbocycles. The van der Waals surface area contributed by atoms with Crippen LogP contribution in [0.1, 0.15) is 6.92 Å². The first kappa shape index (κ1) is 10.2. The van der Waals surface area contributed by atoms with Crippen LogP contribution in [0.5, 0.6) is 0 Å². The Bertz CT molecular complexity index is 477. The van der Waals surface area contributed by atoms with E-state index >= 15 is 0 Å². The van der Waals surface area contributed by atoms with E-state index in [1.165, 1.54) is 10.9 Å². The average molecular weight is 223 g/mol. The molecule has 16 heavy (non-hydrogen) atoms. The molecule has 0 aliphatic rings. The number of nitrogens with one attached hydrogen (secondary N) is 1. The number of rotatable bonds is 4. The van der Waals surface area contributed by atoms with E-state index in [1.54, 1.807) is 6.92 Å². The van der Waals surface area contributed by atoms with Crippen LogP contribution in [0.2, 0.25) is 0 Å². The third-order valence-corrected chi connectivity index (χ3v) is 2.04. The van der Waals surface area contributed by atoms with Gasteiger partial charge in [0.2, 0.25) is 5.82 Å². The van der Waals surface area contributed by atoms with Gasteiger partial charge < -0.3 is 5.11 Å². The minimum Gasteiger partial charge on any atom is -0.481 e. The topological polar surface area (TPSA) is 122 Å². The lowest BCUT2D eigenvalue weighted by Gasteiger charge is -2.05. The number of H-pyrrole nitrogens is 1. The summed E-state index contributed by atoms with van der Waals surface area (Å²) in [5.74, 6) is -1.09. The lowest BCUT2D eigenvalue weighted by atomic mass is 10.2. The lowest BCUT2D eigenvalue weighted by molar-refractivity contribution is -0.141. The first-order chi connectivity index (χ1) is 7.68. The Labute approximate surface area is 89.5 Å². The summed E-state index contributed by atoms with van der Waals surface area (Å²) in [5, 5.41) is 29.6. The van der Waals surface area contributed by atoms with Crippen molar-refractivity contribution in [3.63, 3.8) is 0 Å². The summed E-state index contributed by atoms with van der Waals surface area (Å²) in [6, 6.07) is 0. The fraction of sp³-hybridized carbons (Fsp3) is 0.429. The first-order valence-electron chi connectivity index (χ1n) is 4.53. The van der Waals surface area contributed by atoms with Gasteiger partial charge in [0, 0.05) is 0 Å². The largest absolute Gasteiger partial charge is 0.481 e. The number of carbonyl (C=O) groups is 1. The fourth-order valence-corrected chi connectivity index (χ4v) is 1.16. The van der Waals surface area contributed by atoms with Crippen molar-refractivity contribution in [1.29, 1.82) is 0 Å². The number of carboxylic acid groups (broad SMARTS) is 1. The lowest BCUT2D eigenvalue weighted by Crippen LogP contribution is -2.18. The molecular formula is C7H9N7O2. The van der Waals surface area contributed by atoms with Crippen LogP contribution in [0.3, 0.4) is 0 Å². The summed E-state index contributed by atoms with van der Waals surface area (Å²) in [4.78, 5) is 10.7. The zero-order valence-electron chi connectivity index (χ0n) is 8.40. The summed E-state index contributed by atoms with van der Waals surface area (Å²) in [7, 11) is 0. The van der Waals surface area contributed by atoms with Crippen LogP contribution in [-0.4, -0.2) is 46.7 Å². The summed E-state index contributed by atoms with van der Waals surface area (Å²) >= 11 is 0. The molecule has 9 nitrogen and oxygen atoms in total. The van der Waals surface area contributed by atoms with Crippen molar-refractivity contribution in [1.82, 2.24) is 35.6 Å². The van der Waals surface area contributed by atoms with Gasteiger partial charge in [0.05, 0.1) is 18.7 Å². The summed E-state index contributed by atoms with van der Waals surface area (Å²) in [6.07, 6.45) is 1.47. The molecule has 0 fully saturated rings. The monoisotopic (exact) mass is 223 g/mol. The van der Waals surface area contributed by atoms with Crippen LogP contribution >= 0.6 is 0 Å². The van der Waals surface area contributed by atoms with Crippen molar-refractivity contribution in [3.05, 3.63) is 6.20 Å². The zero-order valence-corrected chi connectivity index (χ0v) is 8.40. The van der Waals surface area contributed by atoms with Gasteiger partial charge in [0.1, 0.15) is 0 Å². The van der Waals surface area contributed by atoms with Gasteiger partial charge in [0.25, 0.3) is 0 Å². The normalized spacial score (nSPS) is 12.6. The highest BCUT2D eigenvalue weighted by atomic mass is 16.4. The van der Waals surface area contributed by atoms with Crippen molar-refractivity contribution < 1.29 is 9.90 Å². The molecule has 2 aromatic heterocycles. The van der Waals surface area contributed by atoms with E-state index in [0.717, 1.165) is 0 Å². The summed E-state index contributed by atoms with van der Waals surface area (Å²) in [6.45, 7) is 1.76. The molecule has 1 atom stereocenters. The molecule has 2 rings (SSSR count). The van der Waals surface area contributed by atoms with Gasteiger partial charge in [-0.15, -0.1) is 5.10 Å². The van der Waals surface area contributed by atoms with Gasteiger partial charge in [-0.3, -0.25) is 4.79 Å². The molecule has 2 N–H and O–H groups in total. The number of aromatic nitrogens is 7. The maximum absolute atomic E-state index is 10.7. The van der Waals surface area contributed by atoms with E-state index in [4.69, 9.17) is 5.11 Å². The Morgan fingerprint density at radius 2 is 2.50 bits per heavy atom. The number of aromatic amines is 1. The molecule has 2 aromatic rings. The quantitative estimate of drug-likeness (QED) is 0.694. The van der Waals surface area contributed by atoms with E-state index in [9.17, 15) is 4.79 Å². The van der Waals surface area contributed by atoms with Gasteiger partial charge >= 0.3 is 5.97 Å². The van der Waals surface area contributed by atoms with E-state index in [2.05, 4.69) is 30.9 Å². The van der Waals surface area contributed by atoms with Crippen molar-refractivity contribution >= 4 is 5.97 Å². The maximum Gasteiger partial charge on any atom is 0.308 e. The van der Waals surface area contributed by atoms with Gasteiger partial charge in [-0.1, -0.05) is 6.92 Å². The van der Waals surface area contributed by atoms with Crippen molar-refractivity contribution in [3.8, 4) is 11.5 Å². The van der Waals surface area contributed by atoms with E-state index in [0.29, 0.717) is 11.5 Å². The van der Waals surface area contributed by atoms with Crippen molar-refractivity contribution in [2.75, 3.05) is 0 Å². The minimum absolute atomic E-state index is 0.185. The summed E-state index contributed by atoms with van der Waals surface area (Å²) in [5.41, 5.74) is 0.475. The molecule has 9 heteroatoms. The number of nitrogens with zero attached hydrogens (tertiary/aromatic N) is 6. The minimum atomic E-state index is -0.901. The predicted molar refractivity (Wildman–Crippen MR) is 50.0 cm³/mol. The third kappa shape index (κ3) is 1.87. The second-order valence-electron chi connectivity index (χ2n) is 3.28. The molecular weight excluding hydrogens is 214 g/mol. The fourth-order valence-electron chi connectivity index (χ4n) is 1.16. The van der Waals surface area contributed by atoms with Crippen molar-refractivity contribution in [2.24, 2.45) is 5.92 Å². The average Bonchev–Trinajstić information content (AvgIpc) is 2.85. The second kappa shape index (κ2) is 4.04. The number of tetrazole rings is 1. The molecule has 0 saturated carbocycles. The highest BCUT2D eigenvalue weighted by Gasteiger charge is 2.17. The Kier molecular flexibility index (Phi) is 2.58. The number of carboxylic acids is 1. The molecule has 0 spiro atoms. The van der Waals surface area contributed by atoms with Crippen LogP contribution in [0, 0.1) is 5.92 Å². The molecule has 0 bridgehead atoms. The van der Waals surface area contributed by atoms with Crippen molar-refractivity contribution in [2.45, 2.75) is 13.5 Å². The Balaban J connectivity index is 2.23. The standard InChI is InChI=1S/C7H9N7O2/c1-4(7(15)16)3-14-6(10-12-13-14)5-2-8-11-9-5/h2,4H,3H2,1H3,(H,15,16)(H,8,9,11). The molecule has 0 aliphatic carbocycles. The third-order valence-electron chi connectivity index (χ3n) is 2.04. The highest BCUT2D eigenvalue weighted by Crippen LogP contribution is 2.11. The predicted octanol–water partition coefficient (Wildman–Crippen LogP) is -0.821. The van der Waals surface area contributed by atoms with Gasteiger partial charge in [0.15, 0.2) is 5.69 Å². The molecule has 1 unspecified atom stereocenters. The first-order valence-corrected chi connectivity index (χ1v) is 4.53. The molecule has 84 valence electrons. The smallest absolute Gasteiger partial charge is 0.308 e. The molecule has 2 heterocycles. The van der Waals surface area contributed by atoms with Gasteiger partial charge in [-0.2, -0.15) is 15.4 Å². The Morgan fingerprint density at radius 1 is 1.69 bits per heavy atom. The maximum atomic E-state index is 10.7. The molecule has 0 aliphatic heterocycles. The SMILES string of the molecule is CC(Cn1nnnc1-c1cn[nH]n1)C(=O)O. The molecule has 0 saturated heterocycles. The van der Waals surface area contributed by atoms with E-state index < -0.39 is 11.9 Å². The molecule has 0 amide bonds. The number of aliphatic carboxylic acids is 1. The van der Waals surface area contributed by atoms with Gasteiger partial charge in [-0.25, -0.2) is 4.68 Å². The second-order valence-corrected chi connectivity index (χ2v) is 3.28.